The van der Waals surface area contributed by atoms with Gasteiger partial charge in [0, 0.05) is 23.6 Å². The second-order valence-corrected chi connectivity index (χ2v) is 6.74. The molecule has 2 amide bonds. The lowest BCUT2D eigenvalue weighted by Gasteiger charge is -2.24. The van der Waals surface area contributed by atoms with Gasteiger partial charge in [0.2, 0.25) is 5.91 Å². The van der Waals surface area contributed by atoms with Crippen LogP contribution in [0.25, 0.3) is 0 Å². The van der Waals surface area contributed by atoms with Crippen LogP contribution in [0.1, 0.15) is 47.2 Å². The zero-order valence-electron chi connectivity index (χ0n) is 14.9. The van der Waals surface area contributed by atoms with E-state index >= 15 is 0 Å². The topological polar surface area (TPSA) is 78.4 Å². The fraction of sp³-hybridized carbons (Fsp3) is 0.333. The van der Waals surface area contributed by atoms with E-state index in [0.717, 1.165) is 24.0 Å². The van der Waals surface area contributed by atoms with Crippen molar-refractivity contribution >= 4 is 17.5 Å². The van der Waals surface area contributed by atoms with Crippen molar-refractivity contribution in [1.82, 2.24) is 5.32 Å². The standard InChI is InChI=1S/C21H24N2O3/c1-14(15-6-3-2-4-7-15)19(13-24)23-21(26)17-11-10-16-8-5-9-20(25)22-18(16)12-17/h2-4,6-7,10-12,14,19,24H,5,8-9,13H2,1H3,(H,22,25)(H,23,26). The number of aliphatic hydroxyl groups is 1. The molecule has 0 saturated carbocycles. The van der Waals surface area contributed by atoms with Crippen molar-refractivity contribution in [3.05, 3.63) is 65.2 Å². The van der Waals surface area contributed by atoms with Gasteiger partial charge in [-0.3, -0.25) is 9.59 Å². The van der Waals surface area contributed by atoms with Gasteiger partial charge < -0.3 is 15.7 Å². The number of anilines is 1. The van der Waals surface area contributed by atoms with Crippen LogP contribution in [0.4, 0.5) is 5.69 Å². The third-order valence-corrected chi connectivity index (χ3v) is 4.94. The van der Waals surface area contributed by atoms with Crippen molar-refractivity contribution in [3.63, 3.8) is 0 Å². The van der Waals surface area contributed by atoms with E-state index in [2.05, 4.69) is 10.6 Å². The van der Waals surface area contributed by atoms with E-state index in [1.807, 2.05) is 43.3 Å². The summed E-state index contributed by atoms with van der Waals surface area (Å²) < 4.78 is 0. The van der Waals surface area contributed by atoms with Gasteiger partial charge in [-0.15, -0.1) is 0 Å². The Morgan fingerprint density at radius 3 is 2.69 bits per heavy atom. The Labute approximate surface area is 153 Å². The number of hydrogen-bond acceptors (Lipinski definition) is 3. The highest BCUT2D eigenvalue weighted by atomic mass is 16.3. The number of rotatable bonds is 5. The minimum atomic E-state index is -0.390. The van der Waals surface area contributed by atoms with Gasteiger partial charge in [-0.25, -0.2) is 0 Å². The number of amides is 2. The summed E-state index contributed by atoms with van der Waals surface area (Å²) in [4.78, 5) is 24.4. The molecule has 0 saturated heterocycles. The Balaban J connectivity index is 1.75. The highest BCUT2D eigenvalue weighted by Crippen LogP contribution is 2.24. The van der Waals surface area contributed by atoms with Crippen molar-refractivity contribution in [3.8, 4) is 0 Å². The van der Waals surface area contributed by atoms with E-state index < -0.39 is 6.04 Å². The minimum absolute atomic E-state index is 0.0211. The molecule has 1 heterocycles. The van der Waals surface area contributed by atoms with E-state index in [9.17, 15) is 14.7 Å². The first-order valence-electron chi connectivity index (χ1n) is 8.98. The molecule has 26 heavy (non-hydrogen) atoms. The van der Waals surface area contributed by atoms with Gasteiger partial charge in [0.15, 0.2) is 0 Å². The number of carbonyl (C=O) groups excluding carboxylic acids is 2. The van der Waals surface area contributed by atoms with Crippen LogP contribution in [-0.4, -0.2) is 29.6 Å². The van der Waals surface area contributed by atoms with Crippen LogP contribution in [0, 0.1) is 0 Å². The van der Waals surface area contributed by atoms with Crippen molar-refractivity contribution in [1.29, 1.82) is 0 Å². The Hall–Kier alpha value is -2.66. The number of aliphatic hydroxyl groups excluding tert-OH is 1. The first kappa shape index (κ1) is 18.1. The molecule has 3 N–H and O–H groups in total. The van der Waals surface area contributed by atoms with Gasteiger partial charge in [0.25, 0.3) is 5.91 Å². The molecule has 0 spiro atoms. The largest absolute Gasteiger partial charge is 0.394 e. The lowest BCUT2D eigenvalue weighted by Crippen LogP contribution is -2.41. The molecule has 2 atom stereocenters. The average molecular weight is 352 g/mol. The fourth-order valence-electron chi connectivity index (χ4n) is 3.27. The van der Waals surface area contributed by atoms with E-state index in [1.165, 1.54) is 0 Å². The predicted molar refractivity (Wildman–Crippen MR) is 101 cm³/mol. The molecular formula is C21H24N2O3. The lowest BCUT2D eigenvalue weighted by molar-refractivity contribution is -0.116. The molecule has 5 nitrogen and oxygen atoms in total. The normalized spacial score (nSPS) is 16.0. The van der Waals surface area contributed by atoms with Crippen molar-refractivity contribution in [2.45, 2.75) is 38.1 Å². The van der Waals surface area contributed by atoms with Crippen LogP contribution in [0.2, 0.25) is 0 Å². The zero-order chi connectivity index (χ0) is 18.5. The SMILES string of the molecule is CC(c1ccccc1)C(CO)NC(=O)c1ccc2c(c1)NC(=O)CCC2. The Kier molecular flexibility index (Phi) is 5.68. The smallest absolute Gasteiger partial charge is 0.251 e. The lowest BCUT2D eigenvalue weighted by atomic mass is 9.93. The van der Waals surface area contributed by atoms with Crippen LogP contribution in [0.3, 0.4) is 0 Å². The Morgan fingerprint density at radius 2 is 1.96 bits per heavy atom. The summed E-state index contributed by atoms with van der Waals surface area (Å²) in [5.74, 6) is -0.300. The third kappa shape index (κ3) is 4.11. The van der Waals surface area contributed by atoms with Crippen LogP contribution in [-0.2, 0) is 11.2 Å². The van der Waals surface area contributed by atoms with Gasteiger partial charge >= 0.3 is 0 Å². The van der Waals surface area contributed by atoms with Crippen molar-refractivity contribution in [2.75, 3.05) is 11.9 Å². The average Bonchev–Trinajstić information content (AvgIpc) is 2.85. The van der Waals surface area contributed by atoms with E-state index in [1.54, 1.807) is 12.1 Å². The maximum atomic E-state index is 12.7. The van der Waals surface area contributed by atoms with E-state index in [-0.39, 0.29) is 24.3 Å². The van der Waals surface area contributed by atoms with Crippen LogP contribution in [0.15, 0.2) is 48.5 Å². The summed E-state index contributed by atoms with van der Waals surface area (Å²) in [6.45, 7) is 1.83. The molecular weight excluding hydrogens is 328 g/mol. The molecule has 136 valence electrons. The van der Waals surface area contributed by atoms with Crippen LogP contribution >= 0.6 is 0 Å². The monoisotopic (exact) mass is 352 g/mol. The van der Waals surface area contributed by atoms with E-state index in [4.69, 9.17) is 0 Å². The summed E-state index contributed by atoms with van der Waals surface area (Å²) in [7, 11) is 0. The first-order chi connectivity index (χ1) is 12.6. The predicted octanol–water partition coefficient (Wildman–Crippen LogP) is 2.86. The molecule has 2 aromatic carbocycles. The number of carbonyl (C=O) groups is 2. The molecule has 0 radical (unpaired) electrons. The zero-order valence-corrected chi connectivity index (χ0v) is 14.9. The molecule has 0 aromatic heterocycles. The molecule has 2 aromatic rings. The number of aryl methyl sites for hydroxylation is 1. The summed E-state index contributed by atoms with van der Waals surface area (Å²) >= 11 is 0. The van der Waals surface area contributed by atoms with Crippen LogP contribution in [0.5, 0.6) is 0 Å². The van der Waals surface area contributed by atoms with Crippen LogP contribution < -0.4 is 10.6 Å². The summed E-state index contributed by atoms with van der Waals surface area (Å²) in [6.07, 6.45) is 2.13. The number of hydrogen-bond donors (Lipinski definition) is 3. The molecule has 0 fully saturated rings. The molecule has 0 bridgehead atoms. The number of nitrogens with one attached hydrogen (secondary N) is 2. The molecule has 2 unspecified atom stereocenters. The third-order valence-electron chi connectivity index (χ3n) is 4.94. The molecule has 0 aliphatic carbocycles. The summed E-state index contributed by atoms with van der Waals surface area (Å²) in [6, 6.07) is 14.8. The minimum Gasteiger partial charge on any atom is -0.394 e. The highest BCUT2D eigenvalue weighted by Gasteiger charge is 2.22. The second-order valence-electron chi connectivity index (χ2n) is 6.74. The van der Waals surface area contributed by atoms with Gasteiger partial charge in [0.05, 0.1) is 12.6 Å². The van der Waals surface area contributed by atoms with Crippen molar-refractivity contribution < 1.29 is 14.7 Å². The second kappa shape index (κ2) is 8.15. The Bertz CT molecular complexity index is 789. The molecule has 1 aliphatic rings. The maximum Gasteiger partial charge on any atom is 0.251 e. The van der Waals surface area contributed by atoms with Gasteiger partial charge in [-0.05, 0) is 36.1 Å². The quantitative estimate of drug-likeness (QED) is 0.774. The van der Waals surface area contributed by atoms with Crippen molar-refractivity contribution in [2.24, 2.45) is 0 Å². The fourth-order valence-corrected chi connectivity index (χ4v) is 3.27. The molecule has 1 aliphatic heterocycles. The summed E-state index contributed by atoms with van der Waals surface area (Å²) in [5, 5.41) is 15.5. The van der Waals surface area contributed by atoms with Gasteiger partial charge in [-0.1, -0.05) is 43.3 Å². The first-order valence-corrected chi connectivity index (χ1v) is 8.98. The van der Waals surface area contributed by atoms with Gasteiger partial charge in [-0.2, -0.15) is 0 Å². The summed E-state index contributed by atoms with van der Waals surface area (Å²) in [5.41, 5.74) is 3.28. The molecule has 3 rings (SSSR count). The van der Waals surface area contributed by atoms with Gasteiger partial charge in [0.1, 0.15) is 0 Å². The highest BCUT2D eigenvalue weighted by molar-refractivity contribution is 5.98. The molecule has 5 heteroatoms. The maximum absolute atomic E-state index is 12.7. The number of fused-ring (bicyclic) bond motifs is 1. The number of benzene rings is 2. The van der Waals surface area contributed by atoms with E-state index in [0.29, 0.717) is 17.7 Å². The Morgan fingerprint density at radius 1 is 1.19 bits per heavy atom.